The first-order chi connectivity index (χ1) is 10.5. The van der Waals surface area contributed by atoms with Crippen molar-refractivity contribution in [3.05, 3.63) is 28.7 Å². The first-order valence-corrected chi connectivity index (χ1v) is 9.20. The fraction of sp³-hybridized carbons (Fsp3) is 0.533. The van der Waals surface area contributed by atoms with Crippen molar-refractivity contribution in [1.82, 2.24) is 20.1 Å². The van der Waals surface area contributed by atoms with Crippen LogP contribution in [-0.2, 0) is 17.8 Å². The zero-order valence-electron chi connectivity index (χ0n) is 13.2. The molecule has 0 aromatic carbocycles. The van der Waals surface area contributed by atoms with Gasteiger partial charge < -0.3 is 9.88 Å². The average Bonchev–Trinajstić information content (AvgIpc) is 3.14. The van der Waals surface area contributed by atoms with Gasteiger partial charge in [-0.3, -0.25) is 4.79 Å². The van der Waals surface area contributed by atoms with E-state index in [0.717, 1.165) is 24.5 Å². The van der Waals surface area contributed by atoms with E-state index in [9.17, 15) is 4.79 Å². The Hall–Kier alpha value is -1.34. The molecule has 0 aliphatic heterocycles. The van der Waals surface area contributed by atoms with Crippen molar-refractivity contribution in [1.29, 1.82) is 0 Å². The Morgan fingerprint density at radius 3 is 3.00 bits per heavy atom. The number of amides is 1. The molecule has 5 nitrogen and oxygen atoms in total. The van der Waals surface area contributed by atoms with Crippen LogP contribution in [0.1, 0.15) is 32.1 Å². The Kier molecular flexibility index (Phi) is 6.02. The second-order valence-corrected chi connectivity index (χ2v) is 7.69. The van der Waals surface area contributed by atoms with Gasteiger partial charge >= 0.3 is 0 Å². The van der Waals surface area contributed by atoms with Crippen LogP contribution in [0.25, 0.3) is 0 Å². The zero-order chi connectivity index (χ0) is 16.0. The SMILES string of the molecule is CCC(C)(C)NC(=O)CSc1nncn1CCc1cccs1. The predicted octanol–water partition coefficient (Wildman–Crippen LogP) is 2.98. The van der Waals surface area contributed by atoms with Crippen molar-refractivity contribution in [3.63, 3.8) is 0 Å². The second-order valence-electron chi connectivity index (χ2n) is 5.71. The van der Waals surface area contributed by atoms with E-state index in [1.165, 1.54) is 16.6 Å². The molecule has 0 saturated heterocycles. The number of carbonyl (C=O) groups is 1. The number of hydrogen-bond acceptors (Lipinski definition) is 5. The molecule has 0 unspecified atom stereocenters. The van der Waals surface area contributed by atoms with Gasteiger partial charge in [-0.1, -0.05) is 24.8 Å². The molecule has 0 spiro atoms. The van der Waals surface area contributed by atoms with Gasteiger partial charge in [-0.25, -0.2) is 0 Å². The van der Waals surface area contributed by atoms with Gasteiger partial charge in [0.15, 0.2) is 5.16 Å². The molecule has 0 fully saturated rings. The number of hydrogen-bond donors (Lipinski definition) is 1. The first kappa shape index (κ1) is 17.0. The highest BCUT2D eigenvalue weighted by Gasteiger charge is 2.18. The van der Waals surface area contributed by atoms with Crippen molar-refractivity contribution in [2.24, 2.45) is 0 Å². The standard InChI is InChI=1S/C15H22N4OS2/c1-4-15(2,3)17-13(20)10-22-14-18-16-11-19(14)8-7-12-6-5-9-21-12/h5-6,9,11H,4,7-8,10H2,1-3H3,(H,17,20). The number of carbonyl (C=O) groups excluding carboxylic acids is 1. The molecule has 2 heterocycles. The smallest absolute Gasteiger partial charge is 0.230 e. The Morgan fingerprint density at radius 2 is 2.32 bits per heavy atom. The number of thioether (sulfide) groups is 1. The fourth-order valence-corrected chi connectivity index (χ4v) is 3.27. The largest absolute Gasteiger partial charge is 0.351 e. The van der Waals surface area contributed by atoms with E-state index < -0.39 is 0 Å². The van der Waals surface area contributed by atoms with Crippen LogP contribution in [0, 0.1) is 0 Å². The number of nitrogens with zero attached hydrogens (tertiary/aromatic N) is 3. The molecule has 2 aromatic heterocycles. The lowest BCUT2D eigenvalue weighted by atomic mass is 10.0. The number of aryl methyl sites for hydroxylation is 2. The summed E-state index contributed by atoms with van der Waals surface area (Å²) >= 11 is 3.18. The molecular formula is C15H22N4OS2. The highest BCUT2D eigenvalue weighted by Crippen LogP contribution is 2.17. The summed E-state index contributed by atoms with van der Waals surface area (Å²) < 4.78 is 2.00. The molecule has 0 bridgehead atoms. The van der Waals surface area contributed by atoms with Crippen LogP contribution >= 0.6 is 23.1 Å². The van der Waals surface area contributed by atoms with Crippen LogP contribution < -0.4 is 5.32 Å². The molecule has 120 valence electrons. The number of thiophene rings is 1. The van der Waals surface area contributed by atoms with Crippen LogP contribution in [0.2, 0.25) is 0 Å². The third kappa shape index (κ3) is 5.14. The minimum Gasteiger partial charge on any atom is -0.351 e. The molecule has 0 saturated carbocycles. The van der Waals surface area contributed by atoms with E-state index in [0.29, 0.717) is 5.75 Å². The molecule has 0 atom stereocenters. The summed E-state index contributed by atoms with van der Waals surface area (Å²) in [6, 6.07) is 4.18. The summed E-state index contributed by atoms with van der Waals surface area (Å²) in [5, 5.41) is 14.0. The van der Waals surface area contributed by atoms with Crippen LogP contribution in [0.3, 0.4) is 0 Å². The number of rotatable bonds is 8. The van der Waals surface area contributed by atoms with Gasteiger partial charge in [-0.2, -0.15) is 0 Å². The second kappa shape index (κ2) is 7.78. The Morgan fingerprint density at radius 1 is 1.50 bits per heavy atom. The molecule has 1 N–H and O–H groups in total. The molecular weight excluding hydrogens is 316 g/mol. The van der Waals surface area contributed by atoms with Crippen molar-refractivity contribution in [2.75, 3.05) is 5.75 Å². The van der Waals surface area contributed by atoms with E-state index >= 15 is 0 Å². The molecule has 2 rings (SSSR count). The monoisotopic (exact) mass is 338 g/mol. The number of aromatic nitrogens is 3. The minimum absolute atomic E-state index is 0.0321. The van der Waals surface area contributed by atoms with Crippen LogP contribution in [-0.4, -0.2) is 32.0 Å². The van der Waals surface area contributed by atoms with Crippen molar-refractivity contribution in [2.45, 2.75) is 50.9 Å². The Balaban J connectivity index is 1.83. The maximum atomic E-state index is 12.0. The zero-order valence-corrected chi connectivity index (χ0v) is 14.8. The topological polar surface area (TPSA) is 59.8 Å². The Bertz CT molecular complexity index is 592. The molecule has 0 aliphatic carbocycles. The van der Waals surface area contributed by atoms with Crippen molar-refractivity contribution < 1.29 is 4.79 Å². The molecule has 1 amide bonds. The van der Waals surface area contributed by atoms with Gasteiger partial charge in [0.2, 0.25) is 5.91 Å². The fourth-order valence-electron chi connectivity index (χ4n) is 1.83. The lowest BCUT2D eigenvalue weighted by Gasteiger charge is -2.24. The summed E-state index contributed by atoms with van der Waals surface area (Å²) in [5.74, 6) is 0.394. The normalized spacial score (nSPS) is 11.6. The van der Waals surface area contributed by atoms with Crippen molar-refractivity contribution in [3.8, 4) is 0 Å². The van der Waals surface area contributed by atoms with E-state index in [-0.39, 0.29) is 11.4 Å². The summed E-state index contributed by atoms with van der Waals surface area (Å²) in [6.45, 7) is 6.95. The summed E-state index contributed by atoms with van der Waals surface area (Å²) in [5.41, 5.74) is -0.162. The lowest BCUT2D eigenvalue weighted by molar-refractivity contribution is -0.120. The molecule has 0 radical (unpaired) electrons. The van der Waals surface area contributed by atoms with E-state index in [4.69, 9.17) is 0 Å². The van der Waals surface area contributed by atoms with Crippen LogP contribution in [0.4, 0.5) is 0 Å². The van der Waals surface area contributed by atoms with Gasteiger partial charge in [-0.15, -0.1) is 21.5 Å². The minimum atomic E-state index is -0.162. The van der Waals surface area contributed by atoms with Crippen LogP contribution in [0.15, 0.2) is 29.0 Å². The summed E-state index contributed by atoms with van der Waals surface area (Å²) in [6.07, 6.45) is 3.59. The highest BCUT2D eigenvalue weighted by molar-refractivity contribution is 7.99. The molecule has 7 heteroatoms. The molecule has 2 aromatic rings. The van der Waals surface area contributed by atoms with E-state index in [1.807, 2.05) is 18.4 Å². The first-order valence-electron chi connectivity index (χ1n) is 7.34. The quantitative estimate of drug-likeness (QED) is 0.752. The third-order valence-corrected chi connectivity index (χ3v) is 5.37. The highest BCUT2D eigenvalue weighted by atomic mass is 32.2. The van der Waals surface area contributed by atoms with Gasteiger partial charge in [0.05, 0.1) is 5.75 Å². The maximum absolute atomic E-state index is 12.0. The summed E-state index contributed by atoms with van der Waals surface area (Å²) in [7, 11) is 0. The number of nitrogens with one attached hydrogen (secondary N) is 1. The predicted molar refractivity (Wildman–Crippen MR) is 91.3 cm³/mol. The van der Waals surface area contributed by atoms with Crippen LogP contribution in [0.5, 0.6) is 0 Å². The van der Waals surface area contributed by atoms with Crippen molar-refractivity contribution >= 4 is 29.0 Å². The molecule has 22 heavy (non-hydrogen) atoms. The van der Waals surface area contributed by atoms with Gasteiger partial charge in [0, 0.05) is 17.0 Å². The summed E-state index contributed by atoms with van der Waals surface area (Å²) in [4.78, 5) is 13.3. The van der Waals surface area contributed by atoms with E-state index in [2.05, 4.69) is 40.0 Å². The molecule has 0 aliphatic rings. The lowest BCUT2D eigenvalue weighted by Crippen LogP contribution is -2.43. The van der Waals surface area contributed by atoms with Gasteiger partial charge in [-0.05, 0) is 38.1 Å². The van der Waals surface area contributed by atoms with E-state index in [1.54, 1.807) is 17.7 Å². The maximum Gasteiger partial charge on any atom is 0.230 e. The average molecular weight is 339 g/mol. The van der Waals surface area contributed by atoms with Gasteiger partial charge in [0.1, 0.15) is 6.33 Å². The third-order valence-electron chi connectivity index (χ3n) is 3.45. The van der Waals surface area contributed by atoms with Gasteiger partial charge in [0.25, 0.3) is 0 Å². The Labute approximate surface area is 139 Å².